The van der Waals surface area contributed by atoms with Crippen molar-refractivity contribution < 1.29 is 0 Å². The van der Waals surface area contributed by atoms with Crippen molar-refractivity contribution in [2.45, 2.75) is 33.6 Å². The molecule has 0 aliphatic rings. The minimum atomic E-state index is 0.143. The number of nitrogens with zero attached hydrogens (tertiary/aromatic N) is 1. The molecule has 3 aromatic carbocycles. The zero-order valence-corrected chi connectivity index (χ0v) is 19.2. The van der Waals surface area contributed by atoms with Crippen LogP contribution in [0.2, 0.25) is 0 Å². The molecule has 0 bridgehead atoms. The van der Waals surface area contributed by atoms with E-state index in [0.29, 0.717) is 0 Å². The van der Waals surface area contributed by atoms with Crippen LogP contribution in [0.4, 0.5) is 17.1 Å². The summed E-state index contributed by atoms with van der Waals surface area (Å²) in [5.41, 5.74) is 10.1. The van der Waals surface area contributed by atoms with E-state index in [1.807, 2.05) is 0 Å². The minimum absolute atomic E-state index is 0.143. The Bertz CT molecular complexity index is 918. The third-order valence-electron chi connectivity index (χ3n) is 5.51. The summed E-state index contributed by atoms with van der Waals surface area (Å²) in [6, 6.07) is 22.5. The molecule has 0 spiro atoms. The summed E-state index contributed by atoms with van der Waals surface area (Å²) in [5, 5.41) is 7.18. The second-order valence-corrected chi connectivity index (χ2v) is 8.16. The Labute approximate surface area is 182 Å². The lowest BCUT2D eigenvalue weighted by Gasteiger charge is -2.26. The highest BCUT2D eigenvalue weighted by molar-refractivity contribution is 5.66. The molecule has 0 saturated heterocycles. The van der Waals surface area contributed by atoms with E-state index in [0.717, 1.165) is 13.1 Å². The Balaban J connectivity index is 2.26. The van der Waals surface area contributed by atoms with Crippen LogP contribution in [0.5, 0.6) is 0 Å². The van der Waals surface area contributed by atoms with E-state index in [-0.39, 0.29) is 5.92 Å². The largest absolute Gasteiger partial charge is 0.385 e. The quantitative estimate of drug-likeness (QED) is 0.427. The predicted molar refractivity (Wildman–Crippen MR) is 132 cm³/mol. The van der Waals surface area contributed by atoms with Gasteiger partial charge >= 0.3 is 0 Å². The maximum absolute atomic E-state index is 3.59. The summed E-state index contributed by atoms with van der Waals surface area (Å²) < 4.78 is 0. The van der Waals surface area contributed by atoms with Crippen molar-refractivity contribution in [3.8, 4) is 0 Å². The second kappa shape index (κ2) is 9.71. The summed E-state index contributed by atoms with van der Waals surface area (Å²) in [5.74, 6) is 0.143. The molecule has 0 aliphatic heterocycles. The molecular weight excluding hydrogens is 366 g/mol. The van der Waals surface area contributed by atoms with Crippen molar-refractivity contribution in [1.29, 1.82) is 0 Å². The molecule has 0 amide bonds. The molecule has 0 heterocycles. The summed E-state index contributed by atoms with van der Waals surface area (Å²) in [7, 11) is 4.17. The predicted octanol–water partition coefficient (Wildman–Crippen LogP) is 6.41. The summed E-state index contributed by atoms with van der Waals surface area (Å²) in [6.07, 6.45) is 0. The standard InChI is InChI=1S/C27H35N3/c1-7-28-25-15-9-19(3)17-23(25)27(21-11-13-22(14-12-21)30(5)6)24-18-20(4)10-16-26(24)29-8-2/h9-18,27-29H,7-8H2,1-6H3. The molecule has 2 N–H and O–H groups in total. The van der Waals surface area contributed by atoms with Crippen molar-refractivity contribution in [2.75, 3.05) is 42.7 Å². The topological polar surface area (TPSA) is 27.3 Å². The molecule has 0 aliphatic carbocycles. The molecular formula is C27H35N3. The van der Waals surface area contributed by atoms with E-state index in [1.165, 1.54) is 44.9 Å². The number of nitrogens with one attached hydrogen (secondary N) is 2. The van der Waals surface area contributed by atoms with E-state index in [2.05, 4.69) is 118 Å². The van der Waals surface area contributed by atoms with E-state index in [1.54, 1.807) is 0 Å². The van der Waals surface area contributed by atoms with Crippen LogP contribution >= 0.6 is 0 Å². The summed E-state index contributed by atoms with van der Waals surface area (Å²) >= 11 is 0. The third kappa shape index (κ3) is 4.79. The Morgan fingerprint density at radius 3 is 1.57 bits per heavy atom. The van der Waals surface area contributed by atoms with Crippen LogP contribution in [-0.4, -0.2) is 27.2 Å². The van der Waals surface area contributed by atoms with Crippen LogP contribution < -0.4 is 15.5 Å². The highest BCUT2D eigenvalue weighted by Gasteiger charge is 2.23. The molecule has 3 nitrogen and oxygen atoms in total. The highest BCUT2D eigenvalue weighted by Crippen LogP contribution is 2.40. The Morgan fingerprint density at radius 1 is 0.700 bits per heavy atom. The molecule has 158 valence electrons. The Hall–Kier alpha value is -2.94. The maximum Gasteiger partial charge on any atom is 0.0382 e. The Kier molecular flexibility index (Phi) is 7.04. The number of benzene rings is 3. The van der Waals surface area contributed by atoms with Gasteiger partial charge in [0.2, 0.25) is 0 Å². The van der Waals surface area contributed by atoms with Gasteiger partial charge in [0.25, 0.3) is 0 Å². The maximum atomic E-state index is 3.59. The summed E-state index contributed by atoms with van der Waals surface area (Å²) in [4.78, 5) is 2.15. The van der Waals surface area contributed by atoms with Crippen molar-refractivity contribution >= 4 is 17.1 Å². The minimum Gasteiger partial charge on any atom is -0.385 e. The fraction of sp³-hybridized carbons (Fsp3) is 0.333. The van der Waals surface area contributed by atoms with Gasteiger partial charge in [-0.05, 0) is 68.7 Å². The van der Waals surface area contributed by atoms with Gasteiger partial charge in [-0.1, -0.05) is 47.5 Å². The monoisotopic (exact) mass is 401 g/mol. The first-order valence-electron chi connectivity index (χ1n) is 10.9. The zero-order valence-electron chi connectivity index (χ0n) is 19.2. The lowest BCUT2D eigenvalue weighted by Crippen LogP contribution is -2.13. The number of anilines is 3. The van der Waals surface area contributed by atoms with Crippen molar-refractivity contribution in [1.82, 2.24) is 0 Å². The van der Waals surface area contributed by atoms with E-state index >= 15 is 0 Å². The molecule has 0 unspecified atom stereocenters. The average Bonchev–Trinajstić information content (AvgIpc) is 2.72. The average molecular weight is 402 g/mol. The molecule has 0 fully saturated rings. The molecule has 0 saturated carbocycles. The molecule has 0 atom stereocenters. The first-order chi connectivity index (χ1) is 14.4. The van der Waals surface area contributed by atoms with Gasteiger partial charge in [-0.2, -0.15) is 0 Å². The van der Waals surface area contributed by atoms with Gasteiger partial charge in [0, 0.05) is 50.2 Å². The molecule has 30 heavy (non-hydrogen) atoms. The summed E-state index contributed by atoms with van der Waals surface area (Å²) in [6.45, 7) is 10.5. The van der Waals surface area contributed by atoms with Gasteiger partial charge in [0.15, 0.2) is 0 Å². The van der Waals surface area contributed by atoms with Crippen LogP contribution in [0.25, 0.3) is 0 Å². The van der Waals surface area contributed by atoms with Crippen LogP contribution in [0.1, 0.15) is 47.6 Å². The van der Waals surface area contributed by atoms with Gasteiger partial charge in [-0.15, -0.1) is 0 Å². The van der Waals surface area contributed by atoms with Crippen molar-refractivity contribution in [3.63, 3.8) is 0 Å². The van der Waals surface area contributed by atoms with E-state index < -0.39 is 0 Å². The lowest BCUT2D eigenvalue weighted by molar-refractivity contribution is 0.963. The lowest BCUT2D eigenvalue weighted by atomic mass is 9.82. The number of rotatable bonds is 8. The molecule has 0 radical (unpaired) electrons. The van der Waals surface area contributed by atoms with Gasteiger partial charge in [0.05, 0.1) is 0 Å². The van der Waals surface area contributed by atoms with Crippen LogP contribution in [-0.2, 0) is 0 Å². The second-order valence-electron chi connectivity index (χ2n) is 8.16. The highest BCUT2D eigenvalue weighted by atomic mass is 15.1. The van der Waals surface area contributed by atoms with E-state index in [9.17, 15) is 0 Å². The van der Waals surface area contributed by atoms with Gasteiger partial charge in [0.1, 0.15) is 0 Å². The molecule has 0 aromatic heterocycles. The first kappa shape index (κ1) is 21.8. The van der Waals surface area contributed by atoms with E-state index in [4.69, 9.17) is 0 Å². The number of hydrogen-bond donors (Lipinski definition) is 2. The smallest absolute Gasteiger partial charge is 0.0382 e. The Morgan fingerprint density at radius 2 is 1.17 bits per heavy atom. The van der Waals surface area contributed by atoms with Gasteiger partial charge < -0.3 is 15.5 Å². The van der Waals surface area contributed by atoms with Gasteiger partial charge in [-0.25, -0.2) is 0 Å². The van der Waals surface area contributed by atoms with Crippen molar-refractivity contribution in [3.05, 3.63) is 88.5 Å². The number of aryl methyl sites for hydroxylation is 2. The van der Waals surface area contributed by atoms with Crippen LogP contribution in [0, 0.1) is 13.8 Å². The fourth-order valence-electron chi connectivity index (χ4n) is 4.04. The van der Waals surface area contributed by atoms with Gasteiger partial charge in [-0.3, -0.25) is 0 Å². The van der Waals surface area contributed by atoms with Crippen LogP contribution in [0.15, 0.2) is 60.7 Å². The van der Waals surface area contributed by atoms with Crippen molar-refractivity contribution in [2.24, 2.45) is 0 Å². The SMILES string of the molecule is CCNc1ccc(C)cc1C(c1ccc(N(C)C)cc1)c1cc(C)ccc1NCC. The third-order valence-corrected chi connectivity index (χ3v) is 5.51. The van der Waals surface area contributed by atoms with Crippen LogP contribution in [0.3, 0.4) is 0 Å². The first-order valence-corrected chi connectivity index (χ1v) is 10.9. The fourth-order valence-corrected chi connectivity index (χ4v) is 4.04. The molecule has 3 heteroatoms. The molecule has 3 rings (SSSR count). The number of hydrogen-bond acceptors (Lipinski definition) is 3. The normalized spacial score (nSPS) is 10.9. The molecule has 3 aromatic rings. The zero-order chi connectivity index (χ0) is 21.7.